The van der Waals surface area contributed by atoms with Crippen LogP contribution in [0.5, 0.6) is 0 Å². The maximum absolute atomic E-state index is 9.33. The maximum Gasteiger partial charge on any atom is 0.164 e. The summed E-state index contributed by atoms with van der Waals surface area (Å²) in [5.74, 6) is 0.443. The summed E-state index contributed by atoms with van der Waals surface area (Å²) >= 11 is 1.21. The molecule has 1 fully saturated rings. The lowest BCUT2D eigenvalue weighted by Crippen LogP contribution is -2.20. The van der Waals surface area contributed by atoms with Crippen LogP contribution in [-0.2, 0) is 0 Å². The quantitative estimate of drug-likeness (QED) is 0.157. The minimum atomic E-state index is 0.164. The van der Waals surface area contributed by atoms with E-state index >= 15 is 0 Å². The molecule has 5 nitrogen and oxygen atoms in total. The molecular weight excluding hydrogens is 522 g/mol. The zero-order chi connectivity index (χ0) is 27.9. The van der Waals surface area contributed by atoms with E-state index in [1.54, 1.807) is 0 Å². The van der Waals surface area contributed by atoms with Gasteiger partial charge in [-0.2, -0.15) is 0 Å². The number of amidine groups is 3. The highest BCUT2D eigenvalue weighted by Crippen LogP contribution is 2.53. The van der Waals surface area contributed by atoms with Crippen LogP contribution >= 0.6 is 11.8 Å². The van der Waals surface area contributed by atoms with Gasteiger partial charge in [0.15, 0.2) is 5.17 Å². The highest BCUT2D eigenvalue weighted by molar-refractivity contribution is 8.18. The van der Waals surface area contributed by atoms with Gasteiger partial charge in [-0.1, -0.05) is 121 Å². The molecule has 1 saturated heterocycles. The average Bonchev–Trinajstić information content (AvgIpc) is 3.54. The summed E-state index contributed by atoms with van der Waals surface area (Å²) in [6.45, 7) is 0. The Morgan fingerprint density at radius 1 is 0.390 bits per heavy atom. The van der Waals surface area contributed by atoms with Crippen LogP contribution in [0.2, 0.25) is 0 Å². The van der Waals surface area contributed by atoms with Crippen LogP contribution in [0.1, 0.15) is 11.1 Å². The van der Waals surface area contributed by atoms with Crippen molar-refractivity contribution in [2.45, 2.75) is 0 Å². The van der Waals surface area contributed by atoms with Gasteiger partial charge >= 0.3 is 0 Å². The molecular formula is C35H25N5S. The normalized spacial score (nSPS) is 16.0. The monoisotopic (exact) mass is 547 g/mol. The molecule has 6 heteroatoms. The number of benzene rings is 5. The van der Waals surface area contributed by atoms with Gasteiger partial charge in [0.05, 0.1) is 10.6 Å². The third-order valence-electron chi connectivity index (χ3n) is 7.40. The summed E-state index contributed by atoms with van der Waals surface area (Å²) in [5, 5.41) is 32.6. The Hall–Kier alpha value is -5.20. The number of hydrogen-bond acceptors (Lipinski definition) is 4. The Balaban J connectivity index is 1.76. The van der Waals surface area contributed by atoms with E-state index in [4.69, 9.17) is 10.8 Å². The minimum Gasteiger partial charge on any atom is -0.339 e. The smallest absolute Gasteiger partial charge is 0.164 e. The molecule has 7 rings (SSSR count). The standard InChI is InChI=1S/C35H25N5S/c36-33-30-28(24-19-11-4-12-20-24)26(22-15-7-2-8-16-22)25(21-13-5-1-6-14-21)27(23-17-9-3-10-18-23)29(30)31(39-33)32-34(37)40-35(38)41-32/h1-20H,(H2,36,39)(H3,37,38,40)/b32-31+. The SMILES string of the molecule is N=C1NC(=N)/C(=C2\NC(=N)c3c2c(-c2ccccc2)c(-c2ccccc2)c(-c2ccccc2)c3-c2ccccc2)S1. The fourth-order valence-corrected chi connectivity index (χ4v) is 6.53. The summed E-state index contributed by atoms with van der Waals surface area (Å²) in [7, 11) is 0. The molecule has 196 valence electrons. The summed E-state index contributed by atoms with van der Waals surface area (Å²) in [4.78, 5) is 0.612. The Labute approximate surface area is 242 Å². The van der Waals surface area contributed by atoms with Gasteiger partial charge in [0.1, 0.15) is 11.7 Å². The van der Waals surface area contributed by atoms with Crippen molar-refractivity contribution in [3.05, 3.63) is 137 Å². The lowest BCUT2D eigenvalue weighted by atomic mass is 9.77. The third-order valence-corrected chi connectivity index (χ3v) is 8.32. The Morgan fingerprint density at radius 2 is 0.756 bits per heavy atom. The van der Waals surface area contributed by atoms with Crippen LogP contribution in [0.25, 0.3) is 50.2 Å². The van der Waals surface area contributed by atoms with Gasteiger partial charge in [-0.05, 0) is 45.1 Å². The van der Waals surface area contributed by atoms with E-state index in [9.17, 15) is 5.41 Å². The highest BCUT2D eigenvalue weighted by atomic mass is 32.2. The molecule has 0 radical (unpaired) electrons. The first-order valence-corrected chi connectivity index (χ1v) is 14.1. The fourth-order valence-electron chi connectivity index (χ4n) is 5.77. The number of hydrogen-bond donors (Lipinski definition) is 5. The first-order valence-electron chi connectivity index (χ1n) is 13.3. The van der Waals surface area contributed by atoms with E-state index in [0.717, 1.165) is 55.6 Å². The topological polar surface area (TPSA) is 95.6 Å². The number of rotatable bonds is 4. The molecule has 2 heterocycles. The van der Waals surface area contributed by atoms with Gasteiger partial charge in [-0.3, -0.25) is 16.2 Å². The predicted octanol–water partition coefficient (Wildman–Crippen LogP) is 8.20. The average molecular weight is 548 g/mol. The van der Waals surface area contributed by atoms with Crippen LogP contribution in [0.15, 0.2) is 126 Å². The lowest BCUT2D eigenvalue weighted by molar-refractivity contribution is 1.28. The second-order valence-electron chi connectivity index (χ2n) is 9.85. The van der Waals surface area contributed by atoms with Crippen LogP contribution in [0, 0.1) is 16.2 Å². The fraction of sp³-hybridized carbons (Fsp3) is 0. The predicted molar refractivity (Wildman–Crippen MR) is 171 cm³/mol. The van der Waals surface area contributed by atoms with Gasteiger partial charge in [0.2, 0.25) is 0 Å². The van der Waals surface area contributed by atoms with Crippen molar-refractivity contribution in [3.63, 3.8) is 0 Å². The Morgan fingerprint density at radius 3 is 1.12 bits per heavy atom. The summed E-state index contributed by atoms with van der Waals surface area (Å²) in [6, 6.07) is 41.4. The first-order chi connectivity index (χ1) is 20.1. The van der Waals surface area contributed by atoms with Crippen LogP contribution < -0.4 is 10.6 Å². The molecule has 5 N–H and O–H groups in total. The van der Waals surface area contributed by atoms with Gasteiger partial charge in [0, 0.05) is 22.3 Å². The second kappa shape index (κ2) is 10.1. The van der Waals surface area contributed by atoms with E-state index in [1.807, 2.05) is 48.5 Å². The highest BCUT2D eigenvalue weighted by Gasteiger charge is 2.37. The number of thioether (sulfide) groups is 1. The van der Waals surface area contributed by atoms with Gasteiger partial charge < -0.3 is 10.6 Å². The molecule has 2 aliphatic heterocycles. The van der Waals surface area contributed by atoms with Crippen LogP contribution in [0.3, 0.4) is 0 Å². The molecule has 0 atom stereocenters. The van der Waals surface area contributed by atoms with Crippen LogP contribution in [0.4, 0.5) is 0 Å². The van der Waals surface area contributed by atoms with Crippen molar-refractivity contribution >= 4 is 34.3 Å². The van der Waals surface area contributed by atoms with Crippen molar-refractivity contribution in [3.8, 4) is 44.5 Å². The second-order valence-corrected chi connectivity index (χ2v) is 10.9. The van der Waals surface area contributed by atoms with E-state index in [2.05, 4.69) is 83.4 Å². The molecule has 0 amide bonds. The summed E-state index contributed by atoms with van der Waals surface area (Å²) in [5.41, 5.74) is 10.6. The molecule has 0 aliphatic carbocycles. The van der Waals surface area contributed by atoms with Gasteiger partial charge in [-0.25, -0.2) is 0 Å². The molecule has 0 aromatic heterocycles. The Bertz CT molecular complexity index is 1880. The zero-order valence-electron chi connectivity index (χ0n) is 22.0. The Kier molecular flexibility index (Phi) is 6.10. The largest absolute Gasteiger partial charge is 0.339 e. The van der Waals surface area contributed by atoms with Gasteiger partial charge in [0.25, 0.3) is 0 Å². The van der Waals surface area contributed by atoms with E-state index in [1.165, 1.54) is 11.8 Å². The van der Waals surface area contributed by atoms with Crippen molar-refractivity contribution in [1.82, 2.24) is 10.6 Å². The minimum absolute atomic E-state index is 0.164. The van der Waals surface area contributed by atoms with Crippen molar-refractivity contribution < 1.29 is 0 Å². The van der Waals surface area contributed by atoms with Crippen molar-refractivity contribution in [1.29, 1.82) is 16.2 Å². The van der Waals surface area contributed by atoms with E-state index in [0.29, 0.717) is 10.6 Å². The van der Waals surface area contributed by atoms with E-state index in [-0.39, 0.29) is 16.8 Å². The first kappa shape index (κ1) is 24.8. The van der Waals surface area contributed by atoms with Gasteiger partial charge in [-0.15, -0.1) is 0 Å². The zero-order valence-corrected chi connectivity index (χ0v) is 22.8. The molecule has 41 heavy (non-hydrogen) atoms. The summed E-state index contributed by atoms with van der Waals surface area (Å²) < 4.78 is 0. The molecule has 0 unspecified atom stereocenters. The van der Waals surface area contributed by atoms with E-state index < -0.39 is 0 Å². The number of fused-ring (bicyclic) bond motifs is 1. The van der Waals surface area contributed by atoms with Crippen molar-refractivity contribution in [2.24, 2.45) is 0 Å². The van der Waals surface area contributed by atoms with Crippen molar-refractivity contribution in [2.75, 3.05) is 0 Å². The number of nitrogens with one attached hydrogen (secondary N) is 5. The molecule has 5 aromatic carbocycles. The van der Waals surface area contributed by atoms with Crippen LogP contribution in [-0.4, -0.2) is 16.8 Å². The summed E-state index contributed by atoms with van der Waals surface area (Å²) in [6.07, 6.45) is 0. The molecule has 0 spiro atoms. The third kappa shape index (κ3) is 4.17. The maximum atomic E-state index is 9.33. The molecule has 0 saturated carbocycles. The molecule has 2 aliphatic rings. The molecule has 0 bridgehead atoms. The molecule has 5 aromatic rings. The lowest BCUT2D eigenvalue weighted by Gasteiger charge is -2.25.